The van der Waals surface area contributed by atoms with Gasteiger partial charge in [0, 0.05) is 32.9 Å². The number of rotatable bonds is 8. The van der Waals surface area contributed by atoms with Crippen LogP contribution < -0.4 is 0 Å². The standard InChI is InChI=1S/C26H26O2S3/c27-19-23-24(17-10-18-25(23)28)26(29-20-11-4-1-5-12-20,30-21-13-6-2-7-14-21)31-22-15-8-3-9-16-22/h1-9,11-16,23-24,27H,10,17-19H2/t23-,24-/m1/s1. The molecule has 0 radical (unpaired) electrons. The molecule has 3 aromatic rings. The molecule has 2 nitrogen and oxygen atoms in total. The normalized spacial score (nSPS) is 19.3. The minimum Gasteiger partial charge on any atom is -0.396 e. The molecule has 0 spiro atoms. The topological polar surface area (TPSA) is 37.3 Å². The van der Waals surface area contributed by atoms with Gasteiger partial charge >= 0.3 is 0 Å². The number of benzene rings is 3. The summed E-state index contributed by atoms with van der Waals surface area (Å²) in [6, 6.07) is 31.2. The van der Waals surface area contributed by atoms with Crippen molar-refractivity contribution in [1.82, 2.24) is 0 Å². The Balaban J connectivity index is 1.82. The van der Waals surface area contributed by atoms with Crippen molar-refractivity contribution in [3.05, 3.63) is 91.0 Å². The van der Waals surface area contributed by atoms with Crippen molar-refractivity contribution in [3.8, 4) is 0 Å². The minimum atomic E-state index is -0.395. The maximum Gasteiger partial charge on any atom is 0.138 e. The van der Waals surface area contributed by atoms with Crippen molar-refractivity contribution in [3.63, 3.8) is 0 Å². The van der Waals surface area contributed by atoms with E-state index in [0.717, 1.165) is 12.8 Å². The molecule has 1 saturated carbocycles. The lowest BCUT2D eigenvalue weighted by atomic mass is 9.79. The van der Waals surface area contributed by atoms with Crippen molar-refractivity contribution < 1.29 is 9.90 Å². The lowest BCUT2D eigenvalue weighted by Gasteiger charge is -2.44. The van der Waals surface area contributed by atoms with Crippen molar-refractivity contribution in [2.75, 3.05) is 6.61 Å². The Hall–Kier alpha value is -1.66. The van der Waals surface area contributed by atoms with Gasteiger partial charge in [0.2, 0.25) is 0 Å². The molecule has 1 aliphatic carbocycles. The number of thioether (sulfide) groups is 3. The van der Waals surface area contributed by atoms with E-state index in [-0.39, 0.29) is 24.2 Å². The Morgan fingerprint density at radius 2 is 1.16 bits per heavy atom. The van der Waals surface area contributed by atoms with Crippen LogP contribution in [0.3, 0.4) is 0 Å². The second kappa shape index (κ2) is 10.8. The van der Waals surface area contributed by atoms with Crippen LogP contribution >= 0.6 is 35.3 Å². The largest absolute Gasteiger partial charge is 0.396 e. The number of aliphatic hydroxyl groups is 1. The maximum atomic E-state index is 12.9. The molecule has 5 heteroatoms. The predicted octanol–water partition coefficient (Wildman–Crippen LogP) is 6.99. The van der Waals surface area contributed by atoms with Gasteiger partial charge in [0.25, 0.3) is 0 Å². The van der Waals surface area contributed by atoms with Crippen molar-refractivity contribution >= 4 is 41.1 Å². The lowest BCUT2D eigenvalue weighted by molar-refractivity contribution is -0.128. The molecule has 31 heavy (non-hydrogen) atoms. The van der Waals surface area contributed by atoms with E-state index in [2.05, 4.69) is 72.8 Å². The summed E-state index contributed by atoms with van der Waals surface area (Å²) in [7, 11) is 0. The molecule has 1 aliphatic rings. The average Bonchev–Trinajstić information content (AvgIpc) is 2.81. The molecule has 1 N–H and O–H groups in total. The van der Waals surface area contributed by atoms with Gasteiger partial charge < -0.3 is 5.11 Å². The van der Waals surface area contributed by atoms with Gasteiger partial charge in [0.15, 0.2) is 0 Å². The van der Waals surface area contributed by atoms with Gasteiger partial charge in [0.05, 0.1) is 6.61 Å². The number of ketones is 1. The zero-order valence-electron chi connectivity index (χ0n) is 17.2. The van der Waals surface area contributed by atoms with Crippen molar-refractivity contribution in [2.24, 2.45) is 11.8 Å². The number of hydrogen-bond donors (Lipinski definition) is 1. The molecule has 2 atom stereocenters. The Labute approximate surface area is 197 Å². The van der Waals surface area contributed by atoms with Crippen LogP contribution in [0, 0.1) is 11.8 Å². The van der Waals surface area contributed by atoms with Gasteiger partial charge in [0.1, 0.15) is 9.19 Å². The highest BCUT2D eigenvalue weighted by atomic mass is 32.3. The first kappa shape index (κ1) is 22.5. The summed E-state index contributed by atoms with van der Waals surface area (Å²) in [5.41, 5.74) is 0. The molecular weight excluding hydrogens is 440 g/mol. The van der Waals surface area contributed by atoms with E-state index in [1.807, 2.05) is 53.5 Å². The molecule has 0 aliphatic heterocycles. The zero-order chi connectivity index (χ0) is 21.5. The first-order valence-corrected chi connectivity index (χ1v) is 13.0. The monoisotopic (exact) mass is 466 g/mol. The Bertz CT molecular complexity index is 862. The fourth-order valence-electron chi connectivity index (χ4n) is 4.01. The highest BCUT2D eigenvalue weighted by Gasteiger charge is 2.49. The molecule has 3 aromatic carbocycles. The van der Waals surface area contributed by atoms with E-state index >= 15 is 0 Å². The molecule has 0 saturated heterocycles. The molecule has 0 heterocycles. The van der Waals surface area contributed by atoms with E-state index in [1.54, 1.807) is 0 Å². The summed E-state index contributed by atoms with van der Waals surface area (Å²) < 4.78 is -0.395. The highest BCUT2D eigenvalue weighted by Crippen LogP contribution is 2.62. The quantitative estimate of drug-likeness (QED) is 0.286. The summed E-state index contributed by atoms with van der Waals surface area (Å²) in [6.45, 7) is -0.0920. The predicted molar refractivity (Wildman–Crippen MR) is 133 cm³/mol. The van der Waals surface area contributed by atoms with Crippen LogP contribution in [0.2, 0.25) is 0 Å². The zero-order valence-corrected chi connectivity index (χ0v) is 19.7. The van der Waals surface area contributed by atoms with Crippen LogP contribution in [-0.4, -0.2) is 20.9 Å². The van der Waals surface area contributed by atoms with Gasteiger partial charge in [-0.15, -0.1) is 0 Å². The fraction of sp³-hybridized carbons (Fsp3) is 0.269. The third kappa shape index (κ3) is 5.58. The molecule has 4 rings (SSSR count). The molecule has 160 valence electrons. The number of carbonyl (C=O) groups is 1. The summed E-state index contributed by atoms with van der Waals surface area (Å²) >= 11 is 5.45. The van der Waals surface area contributed by atoms with Crippen LogP contribution in [0.25, 0.3) is 0 Å². The van der Waals surface area contributed by atoms with Gasteiger partial charge in [-0.05, 0) is 49.2 Å². The van der Waals surface area contributed by atoms with Crippen LogP contribution in [0.5, 0.6) is 0 Å². The molecule has 1 fully saturated rings. The third-order valence-electron chi connectivity index (χ3n) is 5.50. The SMILES string of the molecule is O=C1CCC[C@@H](C(Sc2ccccc2)(Sc2ccccc2)Sc2ccccc2)[C@H]1CO. The maximum absolute atomic E-state index is 12.9. The highest BCUT2D eigenvalue weighted by molar-refractivity contribution is 8.33. The minimum absolute atomic E-state index is 0.0411. The van der Waals surface area contributed by atoms with Gasteiger partial charge in [-0.2, -0.15) is 0 Å². The third-order valence-corrected chi connectivity index (χ3v) is 10.3. The Morgan fingerprint density at radius 3 is 1.55 bits per heavy atom. The van der Waals surface area contributed by atoms with Crippen LogP contribution in [0.4, 0.5) is 0 Å². The number of hydrogen-bond acceptors (Lipinski definition) is 5. The van der Waals surface area contributed by atoms with E-state index in [9.17, 15) is 9.90 Å². The molecule has 0 amide bonds. The summed E-state index contributed by atoms with van der Waals surface area (Å²) in [4.78, 5) is 16.4. The van der Waals surface area contributed by atoms with Crippen molar-refractivity contribution in [2.45, 2.75) is 37.4 Å². The number of carbonyl (C=O) groups excluding carboxylic acids is 1. The first-order valence-electron chi connectivity index (χ1n) is 10.6. The van der Waals surface area contributed by atoms with Crippen LogP contribution in [0.1, 0.15) is 19.3 Å². The van der Waals surface area contributed by atoms with E-state index in [4.69, 9.17) is 0 Å². The van der Waals surface area contributed by atoms with Crippen LogP contribution in [0.15, 0.2) is 106 Å². The van der Waals surface area contributed by atoms with Gasteiger partial charge in [-0.1, -0.05) is 89.9 Å². The first-order chi connectivity index (χ1) is 15.2. The smallest absolute Gasteiger partial charge is 0.138 e. The number of aliphatic hydroxyl groups excluding tert-OH is 1. The second-order valence-electron chi connectivity index (χ2n) is 7.60. The van der Waals surface area contributed by atoms with Crippen molar-refractivity contribution in [1.29, 1.82) is 0 Å². The Kier molecular flexibility index (Phi) is 7.83. The summed E-state index contributed by atoms with van der Waals surface area (Å²) in [6.07, 6.45) is 2.37. The van der Waals surface area contributed by atoms with Crippen LogP contribution in [-0.2, 0) is 4.79 Å². The molecule has 0 unspecified atom stereocenters. The lowest BCUT2D eigenvalue weighted by Crippen LogP contribution is -2.42. The molecule has 0 aromatic heterocycles. The fourth-order valence-corrected chi connectivity index (χ4v) is 9.41. The summed E-state index contributed by atoms with van der Waals surface area (Å²) in [5.74, 6) is -0.101. The second-order valence-corrected chi connectivity index (χ2v) is 12.3. The van der Waals surface area contributed by atoms with Gasteiger partial charge in [-0.25, -0.2) is 0 Å². The Morgan fingerprint density at radius 1 is 0.742 bits per heavy atom. The average molecular weight is 467 g/mol. The van der Waals surface area contributed by atoms with E-state index < -0.39 is 3.41 Å². The van der Waals surface area contributed by atoms with E-state index in [0.29, 0.717) is 6.42 Å². The summed E-state index contributed by atoms with van der Waals surface area (Å²) in [5, 5.41) is 10.2. The van der Waals surface area contributed by atoms with E-state index in [1.165, 1.54) is 14.7 Å². The number of Topliss-reactive ketones (excluding diaryl/α,β-unsaturated/α-hetero) is 1. The molecule has 0 bridgehead atoms. The molecular formula is C26H26O2S3. The van der Waals surface area contributed by atoms with Gasteiger partial charge in [-0.3, -0.25) is 4.79 Å².